The molecule has 2 heterocycles. The van der Waals surface area contributed by atoms with Gasteiger partial charge in [0.05, 0.1) is 3.79 Å². The van der Waals surface area contributed by atoms with Gasteiger partial charge in [-0.25, -0.2) is 8.42 Å². The van der Waals surface area contributed by atoms with E-state index in [1.54, 1.807) is 12.1 Å². The second-order valence-electron chi connectivity index (χ2n) is 7.01. The van der Waals surface area contributed by atoms with Gasteiger partial charge >= 0.3 is 0 Å². The summed E-state index contributed by atoms with van der Waals surface area (Å²) in [5.41, 5.74) is 1.97. The minimum atomic E-state index is -3.47. The van der Waals surface area contributed by atoms with Crippen LogP contribution in [0.5, 0.6) is 0 Å². The second-order valence-corrected chi connectivity index (χ2v) is 11.6. The lowest BCUT2D eigenvalue weighted by molar-refractivity contribution is -0.120. The highest BCUT2D eigenvalue weighted by molar-refractivity contribution is 9.11. The number of anilines is 1. The van der Waals surface area contributed by atoms with Gasteiger partial charge in [0.1, 0.15) is 4.21 Å². The summed E-state index contributed by atoms with van der Waals surface area (Å²) in [4.78, 5) is 12.6. The summed E-state index contributed by atoms with van der Waals surface area (Å²) >= 11 is 4.51. The summed E-state index contributed by atoms with van der Waals surface area (Å²) in [6.45, 7) is 4.95. The van der Waals surface area contributed by atoms with E-state index in [9.17, 15) is 13.2 Å². The molecule has 0 bridgehead atoms. The van der Waals surface area contributed by atoms with Crippen molar-refractivity contribution in [1.29, 1.82) is 0 Å². The molecule has 3 rings (SSSR count). The molecule has 1 aliphatic rings. The van der Waals surface area contributed by atoms with Crippen LogP contribution in [0.15, 0.2) is 44.4 Å². The molecule has 146 valence electrons. The number of benzene rings is 1. The Morgan fingerprint density at radius 1 is 1.22 bits per heavy atom. The number of sulfonamides is 1. The van der Waals surface area contributed by atoms with Gasteiger partial charge in [-0.15, -0.1) is 11.3 Å². The summed E-state index contributed by atoms with van der Waals surface area (Å²) in [5.74, 6) is 0.189. The van der Waals surface area contributed by atoms with Crippen molar-refractivity contribution in [3.8, 4) is 0 Å². The fourth-order valence-electron chi connectivity index (χ4n) is 3.14. The first-order valence-electron chi connectivity index (χ1n) is 8.93. The van der Waals surface area contributed by atoms with Crippen LogP contribution in [0.2, 0.25) is 0 Å². The Hall–Kier alpha value is -1.22. The molecule has 0 aliphatic carbocycles. The van der Waals surface area contributed by atoms with Gasteiger partial charge < -0.3 is 5.32 Å². The summed E-state index contributed by atoms with van der Waals surface area (Å²) in [6, 6.07) is 11.2. The molecule has 0 unspecified atom stereocenters. The number of carbonyl (C=O) groups excluding carboxylic acids is 1. The Morgan fingerprint density at radius 2 is 1.93 bits per heavy atom. The maximum Gasteiger partial charge on any atom is 0.252 e. The molecule has 1 aromatic carbocycles. The van der Waals surface area contributed by atoms with Crippen LogP contribution >= 0.6 is 27.3 Å². The number of hydrogen-bond acceptors (Lipinski definition) is 4. The minimum absolute atomic E-state index is 0.0353. The number of halogens is 1. The van der Waals surface area contributed by atoms with Crippen LogP contribution in [0, 0.1) is 5.92 Å². The standard InChI is InChI=1S/C19H23BrN2O3S2/c1-13(2)15-4-3-5-16(12-15)21-19(23)14-8-10-22(11-9-14)27(24,25)18-7-6-17(20)26-18/h3-7,12-14H,8-11H2,1-2H3,(H,21,23). The zero-order valence-electron chi connectivity index (χ0n) is 15.3. The average Bonchev–Trinajstić information content (AvgIpc) is 3.09. The average molecular weight is 471 g/mol. The predicted octanol–water partition coefficient (Wildman–Crippen LogP) is 4.67. The Morgan fingerprint density at radius 3 is 2.52 bits per heavy atom. The van der Waals surface area contributed by atoms with Gasteiger partial charge in [0.15, 0.2) is 0 Å². The molecule has 0 atom stereocenters. The molecule has 1 aromatic heterocycles. The summed E-state index contributed by atoms with van der Waals surface area (Å²) in [7, 11) is -3.47. The first kappa shape index (κ1) is 20.5. The van der Waals surface area contributed by atoms with Crippen LogP contribution in [0.3, 0.4) is 0 Å². The molecule has 0 saturated carbocycles. The number of rotatable bonds is 5. The highest BCUT2D eigenvalue weighted by atomic mass is 79.9. The number of nitrogens with one attached hydrogen (secondary N) is 1. The number of piperidine rings is 1. The van der Waals surface area contributed by atoms with E-state index in [-0.39, 0.29) is 11.8 Å². The van der Waals surface area contributed by atoms with Crippen molar-refractivity contribution in [3.05, 3.63) is 45.7 Å². The van der Waals surface area contributed by atoms with Crippen LogP contribution in [0.1, 0.15) is 38.2 Å². The van der Waals surface area contributed by atoms with Crippen LogP contribution in [0.4, 0.5) is 5.69 Å². The maximum absolute atomic E-state index is 12.7. The topological polar surface area (TPSA) is 66.5 Å². The third kappa shape index (κ3) is 4.80. The van der Waals surface area contributed by atoms with E-state index in [0.29, 0.717) is 36.1 Å². The molecule has 5 nitrogen and oxygen atoms in total. The number of nitrogens with zero attached hydrogens (tertiary/aromatic N) is 1. The number of carbonyl (C=O) groups is 1. The Labute approximate surface area is 173 Å². The number of thiophene rings is 1. The lowest BCUT2D eigenvalue weighted by Gasteiger charge is -2.30. The third-order valence-electron chi connectivity index (χ3n) is 4.79. The Balaban J connectivity index is 1.60. The molecule has 0 radical (unpaired) electrons. The van der Waals surface area contributed by atoms with E-state index in [1.807, 2.05) is 24.3 Å². The first-order valence-corrected chi connectivity index (χ1v) is 12.0. The lowest BCUT2D eigenvalue weighted by atomic mass is 9.97. The van der Waals surface area contributed by atoms with Crippen molar-refractivity contribution in [3.63, 3.8) is 0 Å². The highest BCUT2D eigenvalue weighted by Gasteiger charge is 2.32. The molecule has 1 N–H and O–H groups in total. The number of amides is 1. The summed E-state index contributed by atoms with van der Waals surface area (Å²) in [6.07, 6.45) is 1.06. The van der Waals surface area contributed by atoms with E-state index >= 15 is 0 Å². The fraction of sp³-hybridized carbons (Fsp3) is 0.421. The molecule has 8 heteroatoms. The van der Waals surface area contributed by atoms with E-state index in [2.05, 4.69) is 35.1 Å². The van der Waals surface area contributed by atoms with Crippen molar-refractivity contribution in [2.75, 3.05) is 18.4 Å². The van der Waals surface area contributed by atoms with E-state index in [1.165, 1.54) is 21.2 Å². The van der Waals surface area contributed by atoms with Crippen LogP contribution in [-0.4, -0.2) is 31.7 Å². The Bertz CT molecular complexity index is 917. The van der Waals surface area contributed by atoms with Crippen LogP contribution in [-0.2, 0) is 14.8 Å². The van der Waals surface area contributed by atoms with Crippen molar-refractivity contribution in [2.45, 2.75) is 36.8 Å². The lowest BCUT2D eigenvalue weighted by Crippen LogP contribution is -2.41. The van der Waals surface area contributed by atoms with Gasteiger partial charge in [-0.2, -0.15) is 4.31 Å². The van der Waals surface area contributed by atoms with Gasteiger partial charge in [0, 0.05) is 24.7 Å². The van der Waals surface area contributed by atoms with Gasteiger partial charge in [0.2, 0.25) is 5.91 Å². The molecule has 1 fully saturated rings. The number of hydrogen-bond donors (Lipinski definition) is 1. The molecule has 1 saturated heterocycles. The molecule has 1 amide bonds. The van der Waals surface area contributed by atoms with Gasteiger partial charge in [-0.1, -0.05) is 26.0 Å². The normalized spacial score (nSPS) is 16.6. The van der Waals surface area contributed by atoms with E-state index in [4.69, 9.17) is 0 Å². The zero-order chi connectivity index (χ0) is 19.6. The van der Waals surface area contributed by atoms with Crippen LogP contribution < -0.4 is 5.32 Å². The monoisotopic (exact) mass is 470 g/mol. The van der Waals surface area contributed by atoms with Gasteiger partial charge in [-0.05, 0) is 64.5 Å². The SMILES string of the molecule is CC(C)c1cccc(NC(=O)C2CCN(S(=O)(=O)c3ccc(Br)s3)CC2)c1. The quantitative estimate of drug-likeness (QED) is 0.689. The zero-order valence-corrected chi connectivity index (χ0v) is 18.5. The van der Waals surface area contributed by atoms with Crippen molar-refractivity contribution in [1.82, 2.24) is 4.31 Å². The smallest absolute Gasteiger partial charge is 0.252 e. The molecule has 1 aliphatic heterocycles. The van der Waals surface area contributed by atoms with Gasteiger partial charge in [-0.3, -0.25) is 4.79 Å². The largest absolute Gasteiger partial charge is 0.326 e. The van der Waals surface area contributed by atoms with Gasteiger partial charge in [0.25, 0.3) is 10.0 Å². The predicted molar refractivity (Wildman–Crippen MR) is 113 cm³/mol. The third-order valence-corrected chi connectivity index (χ3v) is 8.78. The minimum Gasteiger partial charge on any atom is -0.326 e. The first-order chi connectivity index (χ1) is 12.8. The summed E-state index contributed by atoms with van der Waals surface area (Å²) < 4.78 is 28.0. The second kappa shape index (κ2) is 8.43. The fourth-order valence-corrected chi connectivity index (χ4v) is 6.78. The molecule has 2 aromatic rings. The van der Waals surface area contributed by atoms with Crippen LogP contribution in [0.25, 0.3) is 0 Å². The molecular weight excluding hydrogens is 448 g/mol. The highest BCUT2D eigenvalue weighted by Crippen LogP contribution is 2.31. The summed E-state index contributed by atoms with van der Waals surface area (Å²) in [5, 5.41) is 2.98. The van der Waals surface area contributed by atoms with Crippen molar-refractivity contribution < 1.29 is 13.2 Å². The maximum atomic E-state index is 12.7. The molecular formula is C19H23BrN2O3S2. The Kier molecular flexibility index (Phi) is 6.40. The molecule has 0 spiro atoms. The van der Waals surface area contributed by atoms with E-state index < -0.39 is 10.0 Å². The molecule has 27 heavy (non-hydrogen) atoms. The van der Waals surface area contributed by atoms with Crippen molar-refractivity contribution >= 4 is 48.9 Å². The van der Waals surface area contributed by atoms with E-state index in [0.717, 1.165) is 9.47 Å². The van der Waals surface area contributed by atoms with Crippen molar-refractivity contribution in [2.24, 2.45) is 5.92 Å².